The van der Waals surface area contributed by atoms with Crippen LogP contribution in [-0.2, 0) is 4.79 Å². The molecule has 3 nitrogen and oxygen atoms in total. The molecule has 0 aliphatic carbocycles. The summed E-state index contributed by atoms with van der Waals surface area (Å²) in [4.78, 5) is 9.85. The molecule has 1 unspecified atom stereocenters. The number of carbonyl (C=O) groups is 1. The van der Waals surface area contributed by atoms with E-state index >= 15 is 0 Å². The van der Waals surface area contributed by atoms with Crippen molar-refractivity contribution in [1.82, 2.24) is 5.73 Å². The minimum absolute atomic E-state index is 0.796. The van der Waals surface area contributed by atoms with E-state index < -0.39 is 11.9 Å². The maximum atomic E-state index is 9.85. The highest BCUT2D eigenvalue weighted by atomic mass is 16.1. The Morgan fingerprint density at radius 3 is 2.43 bits per heavy atom. The first-order valence-corrected chi connectivity index (χ1v) is 1.82. The minimum atomic E-state index is -0.806. The molecule has 0 aromatic carbocycles. The zero-order valence-corrected chi connectivity index (χ0v) is 3.85. The molecule has 39 valence electrons. The SMILES string of the molecule is C=CC(N)C([NH])=O. The van der Waals surface area contributed by atoms with Crippen molar-refractivity contribution in [1.29, 1.82) is 0 Å². The average molecular weight is 99.1 g/mol. The molecule has 7 heavy (non-hydrogen) atoms. The molecule has 0 aromatic rings. The Bertz CT molecular complexity index is 89.7. The van der Waals surface area contributed by atoms with Crippen LogP contribution < -0.4 is 11.5 Å². The lowest BCUT2D eigenvalue weighted by molar-refractivity contribution is -0.118. The summed E-state index contributed by atoms with van der Waals surface area (Å²) in [6.45, 7) is 3.22. The first-order chi connectivity index (χ1) is 3.18. The smallest absolute Gasteiger partial charge is 0.259 e. The Morgan fingerprint density at radius 2 is 2.43 bits per heavy atom. The van der Waals surface area contributed by atoms with Crippen LogP contribution >= 0.6 is 0 Å². The predicted molar refractivity (Wildman–Crippen MR) is 26.3 cm³/mol. The predicted octanol–water partition coefficient (Wildman–Crippen LogP) is -0.691. The second-order valence-electron chi connectivity index (χ2n) is 1.13. The monoisotopic (exact) mass is 99.1 g/mol. The summed E-state index contributed by atoms with van der Waals surface area (Å²) in [7, 11) is 0. The molecule has 0 aliphatic heterocycles. The van der Waals surface area contributed by atoms with E-state index in [1.54, 1.807) is 0 Å². The summed E-state index contributed by atoms with van der Waals surface area (Å²) in [6.07, 6.45) is 1.23. The molecule has 0 saturated heterocycles. The molecule has 0 rings (SSSR count). The minimum Gasteiger partial charge on any atom is -0.317 e. The van der Waals surface area contributed by atoms with Crippen molar-refractivity contribution in [3.05, 3.63) is 12.7 Å². The zero-order chi connectivity index (χ0) is 5.86. The molecule has 1 amide bonds. The van der Waals surface area contributed by atoms with Gasteiger partial charge in [0.15, 0.2) is 0 Å². The number of nitrogens with two attached hydrogens (primary N) is 1. The van der Waals surface area contributed by atoms with E-state index in [0.717, 1.165) is 0 Å². The van der Waals surface area contributed by atoms with Gasteiger partial charge in [-0.1, -0.05) is 6.08 Å². The van der Waals surface area contributed by atoms with Gasteiger partial charge in [-0.05, 0) is 0 Å². The first kappa shape index (κ1) is 6.17. The normalized spacial score (nSPS) is 12.7. The molecule has 0 saturated carbocycles. The van der Waals surface area contributed by atoms with Crippen LogP contribution in [0.2, 0.25) is 0 Å². The summed E-state index contributed by atoms with van der Waals surface area (Å²) in [5, 5.41) is 0. The van der Waals surface area contributed by atoms with Crippen LogP contribution in [0.4, 0.5) is 0 Å². The van der Waals surface area contributed by atoms with Gasteiger partial charge < -0.3 is 5.73 Å². The van der Waals surface area contributed by atoms with Crippen LogP contribution in [0.25, 0.3) is 0 Å². The second-order valence-corrected chi connectivity index (χ2v) is 1.13. The standard InChI is InChI=1S/C4H7N2O/c1-2-3(5)4(6)7/h2-3,6H,1,5H2. The Labute approximate surface area is 42.0 Å². The maximum Gasteiger partial charge on any atom is 0.259 e. The molecule has 3 heteroatoms. The van der Waals surface area contributed by atoms with E-state index in [9.17, 15) is 4.79 Å². The van der Waals surface area contributed by atoms with E-state index in [2.05, 4.69) is 6.58 Å². The number of amides is 1. The van der Waals surface area contributed by atoms with Crippen molar-refractivity contribution in [2.75, 3.05) is 0 Å². The summed E-state index contributed by atoms with van der Waals surface area (Å²) >= 11 is 0. The highest BCUT2D eigenvalue weighted by molar-refractivity contribution is 5.80. The van der Waals surface area contributed by atoms with E-state index in [-0.39, 0.29) is 0 Å². The fraction of sp³-hybridized carbons (Fsp3) is 0.250. The molecular weight excluding hydrogens is 92.1 g/mol. The molecule has 3 N–H and O–H groups in total. The molecule has 0 spiro atoms. The van der Waals surface area contributed by atoms with Crippen molar-refractivity contribution < 1.29 is 4.79 Å². The van der Waals surface area contributed by atoms with Gasteiger partial charge >= 0.3 is 0 Å². The summed E-state index contributed by atoms with van der Waals surface area (Å²) in [6, 6.07) is -0.806. The second kappa shape index (κ2) is 2.36. The number of hydrogen-bond donors (Lipinski definition) is 1. The van der Waals surface area contributed by atoms with Crippen molar-refractivity contribution in [3.63, 3.8) is 0 Å². The summed E-state index contributed by atoms with van der Waals surface area (Å²) in [5.74, 6) is -0.796. The molecule has 0 heterocycles. The van der Waals surface area contributed by atoms with E-state index in [1.165, 1.54) is 6.08 Å². The van der Waals surface area contributed by atoms with Crippen LogP contribution in [0, 0.1) is 0 Å². The first-order valence-electron chi connectivity index (χ1n) is 1.82. The van der Waals surface area contributed by atoms with Crippen molar-refractivity contribution in [2.24, 2.45) is 5.73 Å². The largest absolute Gasteiger partial charge is 0.317 e. The van der Waals surface area contributed by atoms with Crippen LogP contribution in [0.1, 0.15) is 0 Å². The third-order valence-electron chi connectivity index (χ3n) is 0.557. The van der Waals surface area contributed by atoms with Gasteiger partial charge in [-0.3, -0.25) is 10.5 Å². The highest BCUT2D eigenvalue weighted by Gasteiger charge is 2.01. The van der Waals surface area contributed by atoms with Gasteiger partial charge in [0.25, 0.3) is 5.91 Å². The fourth-order valence-electron chi connectivity index (χ4n) is 0.107. The topological polar surface area (TPSA) is 66.9 Å². The molecule has 0 aliphatic rings. The average Bonchev–Trinajstić information content (AvgIpc) is 1.65. The van der Waals surface area contributed by atoms with E-state index in [0.29, 0.717) is 0 Å². The molecule has 1 radical (unpaired) electrons. The summed E-state index contributed by atoms with van der Waals surface area (Å²) < 4.78 is 0. The van der Waals surface area contributed by atoms with E-state index in [1.807, 2.05) is 0 Å². The number of rotatable bonds is 2. The van der Waals surface area contributed by atoms with Gasteiger partial charge in [-0.15, -0.1) is 6.58 Å². The Morgan fingerprint density at radius 1 is 2.00 bits per heavy atom. The Hall–Kier alpha value is -0.830. The molecular formula is C4H7N2O. The third kappa shape index (κ3) is 1.94. The van der Waals surface area contributed by atoms with Gasteiger partial charge in [0.1, 0.15) is 6.04 Å². The molecule has 0 aromatic heterocycles. The van der Waals surface area contributed by atoms with Crippen LogP contribution in [0.5, 0.6) is 0 Å². The lowest BCUT2D eigenvalue weighted by atomic mass is 10.3. The maximum absolute atomic E-state index is 9.85. The van der Waals surface area contributed by atoms with E-state index in [4.69, 9.17) is 11.5 Å². The molecule has 0 fully saturated rings. The van der Waals surface area contributed by atoms with Gasteiger partial charge in [0.2, 0.25) is 0 Å². The van der Waals surface area contributed by atoms with Gasteiger partial charge in [0.05, 0.1) is 0 Å². The zero-order valence-electron chi connectivity index (χ0n) is 3.85. The lowest BCUT2D eigenvalue weighted by Crippen LogP contribution is -2.28. The van der Waals surface area contributed by atoms with Gasteiger partial charge in [-0.2, -0.15) is 0 Å². The Balaban J connectivity index is 3.55. The van der Waals surface area contributed by atoms with Crippen molar-refractivity contribution in [2.45, 2.75) is 6.04 Å². The molecule has 1 atom stereocenters. The third-order valence-corrected chi connectivity index (χ3v) is 0.557. The highest BCUT2D eigenvalue weighted by Crippen LogP contribution is 1.73. The van der Waals surface area contributed by atoms with Crippen LogP contribution in [0.3, 0.4) is 0 Å². The van der Waals surface area contributed by atoms with Crippen LogP contribution in [-0.4, -0.2) is 11.9 Å². The molecule has 0 bridgehead atoms. The number of carbonyl (C=O) groups excluding carboxylic acids is 1. The quantitative estimate of drug-likeness (QED) is 0.465. The number of hydrogen-bond acceptors (Lipinski definition) is 2. The Kier molecular flexibility index (Phi) is 2.08. The van der Waals surface area contributed by atoms with Gasteiger partial charge in [-0.25, -0.2) is 0 Å². The number of nitrogens with one attached hydrogen (secondary N) is 1. The van der Waals surface area contributed by atoms with Gasteiger partial charge in [0, 0.05) is 0 Å². The fourth-order valence-corrected chi connectivity index (χ4v) is 0.107. The lowest BCUT2D eigenvalue weighted by Gasteiger charge is -1.93. The van der Waals surface area contributed by atoms with Crippen molar-refractivity contribution in [3.8, 4) is 0 Å². The van der Waals surface area contributed by atoms with Crippen LogP contribution in [0.15, 0.2) is 12.7 Å². The summed E-state index contributed by atoms with van der Waals surface area (Å²) in [5.41, 5.74) is 11.3. The van der Waals surface area contributed by atoms with Crippen molar-refractivity contribution >= 4 is 5.91 Å².